The van der Waals surface area contributed by atoms with Crippen molar-refractivity contribution in [1.82, 2.24) is 10.2 Å². The number of urea groups is 1. The summed E-state index contributed by atoms with van der Waals surface area (Å²) >= 11 is 3.18. The van der Waals surface area contributed by atoms with Gasteiger partial charge >= 0.3 is 6.03 Å². The summed E-state index contributed by atoms with van der Waals surface area (Å²) < 4.78 is 14.3. The molecule has 0 radical (unpaired) electrons. The number of piperidine rings is 1. The zero-order valence-electron chi connectivity index (χ0n) is 10.7. The molecule has 0 spiro atoms. The second-order valence-electron chi connectivity index (χ2n) is 4.60. The highest BCUT2D eigenvalue weighted by Gasteiger charge is 2.22. The molecule has 19 heavy (non-hydrogen) atoms. The number of likely N-dealkylation sites (tertiary alicyclic amines) is 1. The van der Waals surface area contributed by atoms with E-state index in [0.717, 1.165) is 12.8 Å². The van der Waals surface area contributed by atoms with Gasteiger partial charge in [-0.05, 0) is 38.1 Å². The van der Waals surface area contributed by atoms with Gasteiger partial charge in [0.15, 0.2) is 0 Å². The van der Waals surface area contributed by atoms with E-state index in [1.807, 2.05) is 7.05 Å². The van der Waals surface area contributed by atoms with Gasteiger partial charge in [-0.15, -0.1) is 0 Å². The molecule has 1 aliphatic heterocycles. The molecule has 1 heterocycles. The minimum Gasteiger partial charge on any atom is -0.324 e. The van der Waals surface area contributed by atoms with Gasteiger partial charge in [0.05, 0.1) is 5.69 Å². The number of carbonyl (C=O) groups excluding carboxylic acids is 1. The number of nitrogens with zero attached hydrogens (tertiary/aromatic N) is 1. The Morgan fingerprint density at radius 2 is 2.11 bits per heavy atom. The average Bonchev–Trinajstić information content (AvgIpc) is 2.42. The lowest BCUT2D eigenvalue weighted by atomic mass is 10.1. The minimum atomic E-state index is -0.437. The highest BCUT2D eigenvalue weighted by atomic mass is 79.9. The van der Waals surface area contributed by atoms with Crippen molar-refractivity contribution in [3.8, 4) is 0 Å². The van der Waals surface area contributed by atoms with Crippen LogP contribution in [0, 0.1) is 5.82 Å². The summed E-state index contributed by atoms with van der Waals surface area (Å²) in [4.78, 5) is 13.7. The first-order chi connectivity index (χ1) is 9.10. The Labute approximate surface area is 120 Å². The van der Waals surface area contributed by atoms with Gasteiger partial charge in [0.1, 0.15) is 5.82 Å². The molecule has 0 aliphatic carbocycles. The van der Waals surface area contributed by atoms with E-state index >= 15 is 0 Å². The van der Waals surface area contributed by atoms with Gasteiger partial charge in [-0.3, -0.25) is 0 Å². The van der Waals surface area contributed by atoms with Crippen molar-refractivity contribution in [3.05, 3.63) is 28.5 Å². The van der Waals surface area contributed by atoms with Crippen LogP contribution in [-0.4, -0.2) is 37.1 Å². The molecular formula is C13H17BrFN3O. The topological polar surface area (TPSA) is 44.4 Å². The standard InChI is InChI=1S/C13H17BrFN3O/c1-16-10-4-6-18(7-5-10)13(19)17-12-3-2-9(14)8-11(12)15/h2-3,8,10,16H,4-7H2,1H3,(H,17,19). The van der Waals surface area contributed by atoms with Crippen molar-refractivity contribution in [2.24, 2.45) is 0 Å². The Bertz CT molecular complexity index is 461. The van der Waals surface area contributed by atoms with E-state index in [1.165, 1.54) is 6.07 Å². The Morgan fingerprint density at radius 1 is 1.42 bits per heavy atom. The van der Waals surface area contributed by atoms with Crippen LogP contribution in [0.4, 0.5) is 14.9 Å². The Kier molecular flexibility index (Phi) is 4.76. The highest BCUT2D eigenvalue weighted by molar-refractivity contribution is 9.10. The molecule has 0 atom stereocenters. The Hall–Kier alpha value is -1.14. The third-order valence-corrected chi connectivity index (χ3v) is 3.86. The van der Waals surface area contributed by atoms with E-state index in [9.17, 15) is 9.18 Å². The summed E-state index contributed by atoms with van der Waals surface area (Å²) in [6, 6.07) is 4.82. The van der Waals surface area contributed by atoms with Gasteiger partial charge in [-0.2, -0.15) is 0 Å². The fourth-order valence-corrected chi connectivity index (χ4v) is 2.49. The molecule has 104 valence electrons. The number of hydrogen-bond acceptors (Lipinski definition) is 2. The fraction of sp³-hybridized carbons (Fsp3) is 0.462. The molecule has 0 aromatic heterocycles. The lowest BCUT2D eigenvalue weighted by Crippen LogP contribution is -2.45. The molecule has 4 nitrogen and oxygen atoms in total. The first-order valence-electron chi connectivity index (χ1n) is 6.28. The number of anilines is 1. The molecule has 0 saturated carbocycles. The highest BCUT2D eigenvalue weighted by Crippen LogP contribution is 2.20. The number of hydrogen-bond donors (Lipinski definition) is 2. The van der Waals surface area contributed by atoms with E-state index in [1.54, 1.807) is 17.0 Å². The lowest BCUT2D eigenvalue weighted by molar-refractivity contribution is 0.190. The Balaban J connectivity index is 1.94. The zero-order valence-corrected chi connectivity index (χ0v) is 12.3. The molecule has 1 saturated heterocycles. The molecule has 2 rings (SSSR count). The maximum atomic E-state index is 13.6. The average molecular weight is 330 g/mol. The normalized spacial score (nSPS) is 16.5. The van der Waals surface area contributed by atoms with Gasteiger partial charge in [-0.1, -0.05) is 15.9 Å². The SMILES string of the molecule is CNC1CCN(C(=O)Nc2ccc(Br)cc2F)CC1. The van der Waals surface area contributed by atoms with Crippen LogP contribution in [0.1, 0.15) is 12.8 Å². The quantitative estimate of drug-likeness (QED) is 0.876. The van der Waals surface area contributed by atoms with Crippen LogP contribution in [-0.2, 0) is 0 Å². The van der Waals surface area contributed by atoms with Crippen molar-refractivity contribution in [2.45, 2.75) is 18.9 Å². The van der Waals surface area contributed by atoms with Gasteiger partial charge in [0, 0.05) is 23.6 Å². The van der Waals surface area contributed by atoms with Gasteiger partial charge in [0.2, 0.25) is 0 Å². The van der Waals surface area contributed by atoms with Gasteiger partial charge in [0.25, 0.3) is 0 Å². The second-order valence-corrected chi connectivity index (χ2v) is 5.52. The molecule has 1 aromatic carbocycles. The molecule has 6 heteroatoms. The van der Waals surface area contributed by atoms with Crippen LogP contribution in [0.3, 0.4) is 0 Å². The van der Waals surface area contributed by atoms with Crippen molar-refractivity contribution < 1.29 is 9.18 Å². The molecule has 1 aliphatic rings. The summed E-state index contributed by atoms with van der Waals surface area (Å²) in [5.41, 5.74) is 0.212. The molecule has 2 amide bonds. The fourth-order valence-electron chi connectivity index (χ4n) is 2.16. The van der Waals surface area contributed by atoms with Crippen LogP contribution in [0.15, 0.2) is 22.7 Å². The number of halogens is 2. The monoisotopic (exact) mass is 329 g/mol. The molecule has 2 N–H and O–H groups in total. The maximum absolute atomic E-state index is 13.6. The first-order valence-corrected chi connectivity index (χ1v) is 7.07. The molecule has 0 unspecified atom stereocenters. The van der Waals surface area contributed by atoms with E-state index in [0.29, 0.717) is 23.6 Å². The molecular weight excluding hydrogens is 313 g/mol. The third-order valence-electron chi connectivity index (χ3n) is 3.36. The summed E-state index contributed by atoms with van der Waals surface area (Å²) in [6.07, 6.45) is 1.85. The van der Waals surface area contributed by atoms with Crippen molar-refractivity contribution in [1.29, 1.82) is 0 Å². The van der Waals surface area contributed by atoms with Gasteiger partial charge < -0.3 is 15.5 Å². The number of amides is 2. The maximum Gasteiger partial charge on any atom is 0.321 e. The van der Waals surface area contributed by atoms with Crippen LogP contribution in [0.5, 0.6) is 0 Å². The van der Waals surface area contributed by atoms with E-state index in [4.69, 9.17) is 0 Å². The second kappa shape index (κ2) is 6.34. The molecule has 1 aromatic rings. The van der Waals surface area contributed by atoms with Crippen LogP contribution >= 0.6 is 15.9 Å². The van der Waals surface area contributed by atoms with E-state index in [2.05, 4.69) is 26.6 Å². The van der Waals surface area contributed by atoms with E-state index < -0.39 is 5.82 Å². The lowest BCUT2D eigenvalue weighted by Gasteiger charge is -2.31. The van der Waals surface area contributed by atoms with E-state index in [-0.39, 0.29) is 11.7 Å². The summed E-state index contributed by atoms with van der Waals surface area (Å²) in [5, 5.41) is 5.82. The van der Waals surface area contributed by atoms with Gasteiger partial charge in [-0.25, -0.2) is 9.18 Å². The zero-order chi connectivity index (χ0) is 13.8. The molecule has 1 fully saturated rings. The largest absolute Gasteiger partial charge is 0.324 e. The minimum absolute atomic E-state index is 0.212. The summed E-state index contributed by atoms with van der Waals surface area (Å²) in [5.74, 6) is -0.437. The van der Waals surface area contributed by atoms with Crippen LogP contribution in [0.25, 0.3) is 0 Å². The summed E-state index contributed by atoms with van der Waals surface area (Å²) in [7, 11) is 1.93. The Morgan fingerprint density at radius 3 is 2.68 bits per heavy atom. The number of benzene rings is 1. The molecule has 0 bridgehead atoms. The third kappa shape index (κ3) is 3.67. The number of rotatable bonds is 2. The van der Waals surface area contributed by atoms with Crippen molar-refractivity contribution in [2.75, 3.05) is 25.5 Å². The smallest absolute Gasteiger partial charge is 0.321 e. The van der Waals surface area contributed by atoms with Crippen molar-refractivity contribution in [3.63, 3.8) is 0 Å². The predicted molar refractivity (Wildman–Crippen MR) is 76.8 cm³/mol. The number of carbonyl (C=O) groups is 1. The first kappa shape index (κ1) is 14.3. The summed E-state index contributed by atoms with van der Waals surface area (Å²) in [6.45, 7) is 1.38. The predicted octanol–water partition coefficient (Wildman–Crippen LogP) is 2.80. The van der Waals surface area contributed by atoms with Crippen LogP contribution < -0.4 is 10.6 Å². The van der Waals surface area contributed by atoms with Crippen LogP contribution in [0.2, 0.25) is 0 Å². The van der Waals surface area contributed by atoms with Crippen molar-refractivity contribution >= 4 is 27.6 Å². The number of nitrogens with one attached hydrogen (secondary N) is 2.